The van der Waals surface area contributed by atoms with Gasteiger partial charge in [0.15, 0.2) is 24.4 Å². The molecule has 36 heavy (non-hydrogen) atoms. The van der Waals surface area contributed by atoms with Gasteiger partial charge in [-0.25, -0.2) is 4.79 Å². The van der Waals surface area contributed by atoms with Gasteiger partial charge in [0.2, 0.25) is 6.41 Å². The number of hydrogen-bond donors (Lipinski definition) is 0. The molecule has 1 saturated heterocycles. The van der Waals surface area contributed by atoms with Crippen LogP contribution >= 0.6 is 11.8 Å². The molecular formula is C21H29NO13S. The van der Waals surface area contributed by atoms with Crippen molar-refractivity contribution in [1.29, 1.82) is 0 Å². The predicted molar refractivity (Wildman–Crippen MR) is 119 cm³/mol. The second-order valence-corrected chi connectivity index (χ2v) is 8.64. The maximum Gasteiger partial charge on any atom is 0.329 e. The summed E-state index contributed by atoms with van der Waals surface area (Å²) in [7, 11) is 1.13. The first-order valence-electron chi connectivity index (χ1n) is 10.6. The highest BCUT2D eigenvalue weighted by Crippen LogP contribution is 2.35. The highest BCUT2D eigenvalue weighted by molar-refractivity contribution is 8.00. The molecule has 0 spiro atoms. The number of carbonyl (C=O) groups is 7. The topological polar surface area (TPSA) is 178 Å². The quantitative estimate of drug-likeness (QED) is 0.175. The molecule has 1 aliphatic heterocycles. The lowest BCUT2D eigenvalue weighted by atomic mass is 10.0. The first-order chi connectivity index (χ1) is 16.8. The van der Waals surface area contributed by atoms with E-state index >= 15 is 0 Å². The molecule has 1 fully saturated rings. The molecule has 14 nitrogen and oxygen atoms in total. The summed E-state index contributed by atoms with van der Waals surface area (Å²) in [4.78, 5) is 84.4. The number of methoxy groups -OCH3 is 1. The second-order valence-electron chi connectivity index (χ2n) is 7.49. The van der Waals surface area contributed by atoms with Gasteiger partial charge in [0.25, 0.3) is 0 Å². The van der Waals surface area contributed by atoms with E-state index in [1.165, 1.54) is 0 Å². The number of rotatable bonds is 12. The third kappa shape index (κ3) is 9.02. The SMILES string of the molecule is COC(=O)[C@@H]1CS[C@H]([C@H](OC(C)=O)[C@@H](OC(C)=O)[C@@H](OC(C)=O)[C@@H](COC(C)=O)OC(C)=O)N1C=O. The van der Waals surface area contributed by atoms with Crippen molar-refractivity contribution in [2.24, 2.45) is 0 Å². The molecule has 6 atom stereocenters. The third-order valence-corrected chi connectivity index (χ3v) is 6.00. The van der Waals surface area contributed by atoms with Gasteiger partial charge >= 0.3 is 35.8 Å². The van der Waals surface area contributed by atoms with Crippen LogP contribution in [0.3, 0.4) is 0 Å². The molecule has 0 bridgehead atoms. The molecule has 1 amide bonds. The van der Waals surface area contributed by atoms with E-state index in [0.29, 0.717) is 6.41 Å². The Morgan fingerprint density at radius 2 is 1.36 bits per heavy atom. The van der Waals surface area contributed by atoms with E-state index in [1.807, 2.05) is 0 Å². The number of amides is 1. The molecule has 15 heteroatoms. The molecule has 0 aliphatic carbocycles. The lowest BCUT2D eigenvalue weighted by molar-refractivity contribution is -0.205. The molecule has 1 heterocycles. The Bertz CT molecular complexity index is 863. The Hall–Kier alpha value is -3.36. The minimum atomic E-state index is -1.67. The minimum absolute atomic E-state index is 0.0414. The summed E-state index contributed by atoms with van der Waals surface area (Å²) < 4.78 is 30.9. The summed E-state index contributed by atoms with van der Waals surface area (Å²) in [6.45, 7) is 4.59. The highest BCUT2D eigenvalue weighted by atomic mass is 32.2. The van der Waals surface area contributed by atoms with Crippen LogP contribution in [0.5, 0.6) is 0 Å². The average Bonchev–Trinajstić information content (AvgIpc) is 3.20. The van der Waals surface area contributed by atoms with Gasteiger partial charge < -0.3 is 33.3 Å². The zero-order chi connectivity index (χ0) is 27.6. The van der Waals surface area contributed by atoms with E-state index in [1.54, 1.807) is 0 Å². The van der Waals surface area contributed by atoms with Crippen molar-refractivity contribution in [3.63, 3.8) is 0 Å². The fourth-order valence-corrected chi connectivity index (χ4v) is 4.87. The van der Waals surface area contributed by atoms with Gasteiger partial charge in [-0.2, -0.15) is 0 Å². The summed E-state index contributed by atoms with van der Waals surface area (Å²) in [6, 6.07) is -1.06. The van der Waals surface area contributed by atoms with Gasteiger partial charge in [0.05, 0.1) is 7.11 Å². The number of hydrogen-bond acceptors (Lipinski definition) is 14. The van der Waals surface area contributed by atoms with Gasteiger partial charge in [-0.05, 0) is 0 Å². The van der Waals surface area contributed by atoms with E-state index in [-0.39, 0.29) is 5.75 Å². The molecule has 1 rings (SSSR count). The third-order valence-electron chi connectivity index (χ3n) is 4.64. The maximum absolute atomic E-state index is 12.2. The molecule has 0 aromatic carbocycles. The second kappa shape index (κ2) is 14.3. The number of nitrogens with zero attached hydrogens (tertiary/aromatic N) is 1. The predicted octanol–water partition coefficient (Wildman–Crippen LogP) is -0.651. The minimum Gasteiger partial charge on any atom is -0.467 e. The van der Waals surface area contributed by atoms with Crippen molar-refractivity contribution in [3.8, 4) is 0 Å². The molecule has 0 unspecified atom stereocenters. The fourth-order valence-electron chi connectivity index (χ4n) is 3.41. The van der Waals surface area contributed by atoms with Gasteiger partial charge in [-0.1, -0.05) is 0 Å². The highest BCUT2D eigenvalue weighted by Gasteiger charge is 2.52. The van der Waals surface area contributed by atoms with Crippen molar-refractivity contribution < 1.29 is 62.0 Å². The Balaban J connectivity index is 3.63. The van der Waals surface area contributed by atoms with E-state index in [9.17, 15) is 33.6 Å². The summed E-state index contributed by atoms with van der Waals surface area (Å²) in [5.41, 5.74) is 0. The standard InChI is InChI=1S/C21H29NO13S/c1-10(24)31-7-16(32-11(2)25)17(33-12(3)26)18(34-13(4)27)19(35-14(5)28)20-22(9-23)15(8-36-20)21(29)30-6/h9,15-20H,7-8H2,1-6H3/t15-,16+,17-,18-,19+,20+/m0/s1. The molecule has 0 saturated carbocycles. The normalized spacial score (nSPS) is 20.1. The fraction of sp³-hybridized carbons (Fsp3) is 0.667. The molecule has 0 aromatic rings. The maximum atomic E-state index is 12.2. The molecule has 0 radical (unpaired) electrons. The van der Waals surface area contributed by atoms with E-state index < -0.39 is 78.3 Å². The summed E-state index contributed by atoms with van der Waals surface area (Å²) in [5.74, 6) is -4.99. The van der Waals surface area contributed by atoms with Gasteiger partial charge in [0.1, 0.15) is 18.0 Å². The Kier molecular flexibility index (Phi) is 12.1. The summed E-state index contributed by atoms with van der Waals surface area (Å²) in [5, 5.41) is -1.12. The summed E-state index contributed by atoms with van der Waals surface area (Å²) in [6.07, 6.45) is -6.05. The van der Waals surface area contributed by atoms with Crippen molar-refractivity contribution in [2.75, 3.05) is 19.5 Å². The van der Waals surface area contributed by atoms with Crippen molar-refractivity contribution in [3.05, 3.63) is 0 Å². The number of carbonyl (C=O) groups excluding carboxylic acids is 7. The summed E-state index contributed by atoms with van der Waals surface area (Å²) >= 11 is 1.00. The number of esters is 6. The monoisotopic (exact) mass is 535 g/mol. The van der Waals surface area contributed by atoms with Gasteiger partial charge in [-0.3, -0.25) is 28.8 Å². The number of thioether (sulfide) groups is 1. The van der Waals surface area contributed by atoms with Crippen LogP contribution in [-0.2, 0) is 62.0 Å². The molecule has 202 valence electrons. The van der Waals surface area contributed by atoms with Crippen molar-refractivity contribution >= 4 is 54.0 Å². The smallest absolute Gasteiger partial charge is 0.329 e. The Labute approximate surface area is 211 Å². The van der Waals surface area contributed by atoms with Crippen LogP contribution in [0, 0.1) is 0 Å². The molecule has 0 aromatic heterocycles. The largest absolute Gasteiger partial charge is 0.467 e. The zero-order valence-electron chi connectivity index (χ0n) is 20.6. The van der Waals surface area contributed by atoms with E-state index in [2.05, 4.69) is 0 Å². The average molecular weight is 536 g/mol. The molecule has 1 aliphatic rings. The van der Waals surface area contributed by atoms with Crippen LogP contribution in [0.4, 0.5) is 0 Å². The van der Waals surface area contributed by atoms with Crippen LogP contribution in [0.15, 0.2) is 0 Å². The van der Waals surface area contributed by atoms with Crippen molar-refractivity contribution in [2.45, 2.75) is 70.5 Å². The molecule has 0 N–H and O–H groups in total. The Morgan fingerprint density at radius 1 is 0.833 bits per heavy atom. The van der Waals surface area contributed by atoms with Crippen LogP contribution in [0.2, 0.25) is 0 Å². The van der Waals surface area contributed by atoms with E-state index in [4.69, 9.17) is 28.4 Å². The lowest BCUT2D eigenvalue weighted by Crippen LogP contribution is -2.58. The van der Waals surface area contributed by atoms with Crippen LogP contribution in [-0.4, -0.2) is 102 Å². The van der Waals surface area contributed by atoms with Crippen LogP contribution in [0.25, 0.3) is 0 Å². The Morgan fingerprint density at radius 3 is 1.81 bits per heavy atom. The van der Waals surface area contributed by atoms with Crippen molar-refractivity contribution in [1.82, 2.24) is 4.90 Å². The van der Waals surface area contributed by atoms with Crippen LogP contribution < -0.4 is 0 Å². The van der Waals surface area contributed by atoms with E-state index in [0.717, 1.165) is 58.4 Å². The van der Waals surface area contributed by atoms with Crippen LogP contribution in [0.1, 0.15) is 34.6 Å². The lowest BCUT2D eigenvalue weighted by Gasteiger charge is -2.38. The van der Waals surface area contributed by atoms with Gasteiger partial charge in [0, 0.05) is 40.4 Å². The zero-order valence-corrected chi connectivity index (χ0v) is 21.4. The molecular weight excluding hydrogens is 506 g/mol. The first kappa shape index (κ1) is 30.7. The first-order valence-corrected chi connectivity index (χ1v) is 11.6. The van der Waals surface area contributed by atoms with Gasteiger partial charge in [-0.15, -0.1) is 11.8 Å². The number of ether oxygens (including phenoxy) is 6.